The third-order valence-electron chi connectivity index (χ3n) is 3.88. The Balaban J connectivity index is 2.25. The standard InChI is InChI=1S/C17H23ClN4O3S2/c1-5-11(6-2)16-20-21-17(26-16)19-15(23)13-9-12(7-8-14(13)18)27(24,25)22-10(3)4/h7-11,22H,5-6H2,1-4H3,(H,19,21,23). The number of sulfonamides is 1. The van der Waals surface area contributed by atoms with Crippen LogP contribution in [0.4, 0.5) is 5.13 Å². The number of carbonyl (C=O) groups excluding carboxylic acids is 1. The van der Waals surface area contributed by atoms with Crippen molar-refractivity contribution in [1.29, 1.82) is 0 Å². The van der Waals surface area contributed by atoms with Crippen molar-refractivity contribution in [2.24, 2.45) is 0 Å². The van der Waals surface area contributed by atoms with Gasteiger partial charge in [-0.25, -0.2) is 13.1 Å². The maximum Gasteiger partial charge on any atom is 0.259 e. The molecule has 10 heteroatoms. The highest BCUT2D eigenvalue weighted by Crippen LogP contribution is 2.29. The van der Waals surface area contributed by atoms with Crippen LogP contribution < -0.4 is 10.0 Å². The fourth-order valence-corrected chi connectivity index (χ4v) is 4.96. The van der Waals surface area contributed by atoms with Gasteiger partial charge >= 0.3 is 0 Å². The van der Waals surface area contributed by atoms with Crippen molar-refractivity contribution >= 4 is 44.0 Å². The number of halogens is 1. The monoisotopic (exact) mass is 430 g/mol. The Morgan fingerprint density at radius 2 is 1.89 bits per heavy atom. The Morgan fingerprint density at radius 1 is 1.22 bits per heavy atom. The Bertz CT molecular complexity index is 909. The molecule has 1 aromatic heterocycles. The molecule has 0 fully saturated rings. The molecule has 0 unspecified atom stereocenters. The smallest absolute Gasteiger partial charge is 0.259 e. The van der Waals surface area contributed by atoms with Crippen molar-refractivity contribution in [2.45, 2.75) is 57.4 Å². The zero-order valence-corrected chi connectivity index (χ0v) is 18.0. The summed E-state index contributed by atoms with van der Waals surface area (Å²) in [7, 11) is -3.73. The van der Waals surface area contributed by atoms with E-state index in [1.165, 1.54) is 29.5 Å². The lowest BCUT2D eigenvalue weighted by molar-refractivity contribution is 0.102. The van der Waals surface area contributed by atoms with Crippen LogP contribution in [0, 0.1) is 0 Å². The minimum atomic E-state index is -3.73. The second-order valence-electron chi connectivity index (χ2n) is 6.33. The van der Waals surface area contributed by atoms with E-state index in [1.54, 1.807) is 13.8 Å². The minimum absolute atomic E-state index is 0.0271. The summed E-state index contributed by atoms with van der Waals surface area (Å²) in [5.74, 6) is -0.235. The summed E-state index contributed by atoms with van der Waals surface area (Å²) in [4.78, 5) is 12.6. The van der Waals surface area contributed by atoms with Crippen molar-refractivity contribution in [3.8, 4) is 0 Å². The van der Waals surface area contributed by atoms with Gasteiger partial charge in [-0.15, -0.1) is 10.2 Å². The van der Waals surface area contributed by atoms with Gasteiger partial charge in [0.25, 0.3) is 5.91 Å². The lowest BCUT2D eigenvalue weighted by atomic mass is 10.1. The molecular weight excluding hydrogens is 408 g/mol. The second-order valence-corrected chi connectivity index (χ2v) is 9.46. The summed E-state index contributed by atoms with van der Waals surface area (Å²) >= 11 is 7.41. The van der Waals surface area contributed by atoms with Crippen LogP contribution in [0.1, 0.15) is 61.8 Å². The molecule has 0 aliphatic heterocycles. The number of anilines is 1. The zero-order chi connectivity index (χ0) is 20.2. The van der Waals surface area contributed by atoms with E-state index in [0.717, 1.165) is 17.8 Å². The molecule has 2 aromatic rings. The number of nitrogens with zero attached hydrogens (tertiary/aromatic N) is 2. The normalized spacial score (nSPS) is 12.0. The van der Waals surface area contributed by atoms with Crippen LogP contribution in [0.5, 0.6) is 0 Å². The van der Waals surface area contributed by atoms with E-state index in [0.29, 0.717) is 11.0 Å². The number of hydrogen-bond donors (Lipinski definition) is 2. The van der Waals surface area contributed by atoms with Gasteiger partial charge in [-0.1, -0.05) is 36.8 Å². The van der Waals surface area contributed by atoms with Gasteiger partial charge in [0, 0.05) is 12.0 Å². The number of amides is 1. The topological polar surface area (TPSA) is 101 Å². The van der Waals surface area contributed by atoms with Crippen LogP contribution in [0.2, 0.25) is 5.02 Å². The summed E-state index contributed by atoms with van der Waals surface area (Å²) in [5, 5.41) is 12.1. The predicted molar refractivity (Wildman–Crippen MR) is 108 cm³/mol. The largest absolute Gasteiger partial charge is 0.296 e. The first-order valence-electron chi connectivity index (χ1n) is 8.64. The first-order chi connectivity index (χ1) is 12.7. The quantitative estimate of drug-likeness (QED) is 0.658. The third kappa shape index (κ3) is 5.47. The maximum absolute atomic E-state index is 12.6. The molecule has 1 aromatic carbocycles. The number of nitrogens with one attached hydrogen (secondary N) is 2. The lowest BCUT2D eigenvalue weighted by Crippen LogP contribution is -2.30. The average Bonchev–Trinajstić information content (AvgIpc) is 3.03. The number of benzene rings is 1. The minimum Gasteiger partial charge on any atom is -0.296 e. The van der Waals surface area contributed by atoms with Gasteiger partial charge in [0.05, 0.1) is 15.5 Å². The van der Waals surface area contributed by atoms with E-state index in [1.807, 2.05) is 0 Å². The Hall–Kier alpha value is -1.55. The third-order valence-corrected chi connectivity index (χ3v) is 6.87. The molecule has 0 atom stereocenters. The molecule has 0 bridgehead atoms. The van der Waals surface area contributed by atoms with Crippen LogP contribution in [0.25, 0.3) is 0 Å². The van der Waals surface area contributed by atoms with E-state index in [9.17, 15) is 13.2 Å². The summed E-state index contributed by atoms with van der Waals surface area (Å²) in [5.41, 5.74) is 0.0579. The highest BCUT2D eigenvalue weighted by Gasteiger charge is 2.21. The predicted octanol–water partition coefficient (Wildman–Crippen LogP) is 4.03. The first kappa shape index (κ1) is 21.7. The molecule has 0 saturated carbocycles. The van der Waals surface area contributed by atoms with E-state index in [2.05, 4.69) is 34.1 Å². The summed E-state index contributed by atoms with van der Waals surface area (Å²) in [6, 6.07) is 3.74. The zero-order valence-electron chi connectivity index (χ0n) is 15.6. The SMILES string of the molecule is CCC(CC)c1nnc(NC(=O)c2cc(S(=O)(=O)NC(C)C)ccc2Cl)s1. The molecule has 27 heavy (non-hydrogen) atoms. The average molecular weight is 431 g/mol. The molecule has 0 aliphatic carbocycles. The van der Waals surface area contributed by atoms with Gasteiger partial charge in [0.15, 0.2) is 0 Å². The lowest BCUT2D eigenvalue weighted by Gasteiger charge is -2.11. The second kappa shape index (κ2) is 9.09. The van der Waals surface area contributed by atoms with Crippen LogP contribution in [0.3, 0.4) is 0 Å². The maximum atomic E-state index is 12.6. The molecule has 0 spiro atoms. The van der Waals surface area contributed by atoms with Crippen LogP contribution >= 0.6 is 22.9 Å². The summed E-state index contributed by atoms with van der Waals surface area (Å²) < 4.78 is 27.1. The van der Waals surface area contributed by atoms with E-state index < -0.39 is 15.9 Å². The highest BCUT2D eigenvalue weighted by molar-refractivity contribution is 7.89. The number of rotatable bonds is 8. The van der Waals surface area contributed by atoms with Crippen LogP contribution in [-0.4, -0.2) is 30.6 Å². The molecule has 1 amide bonds. The number of carbonyl (C=O) groups is 1. The number of aromatic nitrogens is 2. The van der Waals surface area contributed by atoms with Gasteiger partial charge < -0.3 is 0 Å². The Labute approximate surface area is 168 Å². The van der Waals surface area contributed by atoms with Crippen molar-refractivity contribution in [2.75, 3.05) is 5.32 Å². The fourth-order valence-electron chi connectivity index (χ4n) is 2.48. The molecule has 2 rings (SSSR count). The molecule has 0 radical (unpaired) electrons. The Morgan fingerprint density at radius 3 is 2.48 bits per heavy atom. The van der Waals surface area contributed by atoms with E-state index >= 15 is 0 Å². The van der Waals surface area contributed by atoms with E-state index in [4.69, 9.17) is 11.6 Å². The summed E-state index contributed by atoms with van der Waals surface area (Å²) in [6.45, 7) is 7.58. The molecule has 1 heterocycles. The Kier molecular flexibility index (Phi) is 7.32. The van der Waals surface area contributed by atoms with Crippen molar-refractivity contribution < 1.29 is 13.2 Å². The highest BCUT2D eigenvalue weighted by atomic mass is 35.5. The van der Waals surface area contributed by atoms with Crippen molar-refractivity contribution in [3.05, 3.63) is 33.8 Å². The summed E-state index contributed by atoms with van der Waals surface area (Å²) in [6.07, 6.45) is 1.88. The first-order valence-corrected chi connectivity index (χ1v) is 11.3. The van der Waals surface area contributed by atoms with Gasteiger partial charge in [-0.3, -0.25) is 10.1 Å². The van der Waals surface area contributed by atoms with Gasteiger partial charge in [-0.05, 0) is 44.9 Å². The van der Waals surface area contributed by atoms with Gasteiger partial charge in [-0.2, -0.15) is 0 Å². The van der Waals surface area contributed by atoms with Crippen LogP contribution in [0.15, 0.2) is 23.1 Å². The molecule has 0 saturated heterocycles. The molecule has 0 aliphatic rings. The fraction of sp³-hybridized carbons (Fsp3) is 0.471. The van der Waals surface area contributed by atoms with Gasteiger partial charge in [0.2, 0.25) is 15.2 Å². The number of hydrogen-bond acceptors (Lipinski definition) is 6. The van der Waals surface area contributed by atoms with Crippen LogP contribution in [-0.2, 0) is 10.0 Å². The molecule has 2 N–H and O–H groups in total. The van der Waals surface area contributed by atoms with Crippen molar-refractivity contribution in [1.82, 2.24) is 14.9 Å². The van der Waals surface area contributed by atoms with Crippen molar-refractivity contribution in [3.63, 3.8) is 0 Å². The molecule has 148 valence electrons. The molecule has 7 nitrogen and oxygen atoms in total. The van der Waals surface area contributed by atoms with Gasteiger partial charge in [0.1, 0.15) is 5.01 Å². The van der Waals surface area contributed by atoms with E-state index in [-0.39, 0.29) is 21.5 Å². The molecular formula is C17H23ClN4O3S2.